The van der Waals surface area contributed by atoms with Gasteiger partial charge in [0.2, 0.25) is 0 Å². The molecule has 1 aromatic rings. The van der Waals surface area contributed by atoms with E-state index in [0.717, 1.165) is 18.0 Å². The number of hydrogen-bond acceptors (Lipinski definition) is 3. The van der Waals surface area contributed by atoms with E-state index in [2.05, 4.69) is 10.7 Å². The highest BCUT2D eigenvalue weighted by molar-refractivity contribution is 6.30. The molecule has 72 valence electrons. The largest absolute Gasteiger partial charge is 0.303 e. The number of nitrogens with one attached hydrogen (secondary N) is 2. The van der Waals surface area contributed by atoms with Crippen molar-refractivity contribution < 1.29 is 0 Å². The van der Waals surface area contributed by atoms with E-state index in [0.29, 0.717) is 6.67 Å². The van der Waals surface area contributed by atoms with E-state index >= 15 is 0 Å². The number of rotatable bonds is 5. The maximum Gasteiger partial charge on any atom is 0.0587 e. The SMILES string of the molecule is NNCNCCc1ccc(Cl)cc1. The van der Waals surface area contributed by atoms with E-state index in [9.17, 15) is 0 Å². The zero-order chi connectivity index (χ0) is 9.52. The lowest BCUT2D eigenvalue weighted by Crippen LogP contribution is -2.34. The molecule has 0 aliphatic carbocycles. The van der Waals surface area contributed by atoms with Crippen LogP contribution >= 0.6 is 11.6 Å². The summed E-state index contributed by atoms with van der Waals surface area (Å²) < 4.78 is 0. The summed E-state index contributed by atoms with van der Waals surface area (Å²) in [7, 11) is 0. The molecule has 0 saturated carbocycles. The first-order valence-corrected chi connectivity index (χ1v) is 4.59. The molecule has 4 heteroatoms. The molecule has 0 amide bonds. The molecular weight excluding hydrogens is 186 g/mol. The van der Waals surface area contributed by atoms with Crippen molar-refractivity contribution >= 4 is 11.6 Å². The number of hydrazine groups is 1. The number of nitrogens with two attached hydrogens (primary N) is 1. The third-order valence-corrected chi connectivity index (χ3v) is 1.98. The Labute approximate surface area is 83.2 Å². The lowest BCUT2D eigenvalue weighted by molar-refractivity contribution is 0.602. The molecule has 0 atom stereocenters. The van der Waals surface area contributed by atoms with Crippen LogP contribution in [0.25, 0.3) is 0 Å². The van der Waals surface area contributed by atoms with Gasteiger partial charge in [0.05, 0.1) is 6.67 Å². The van der Waals surface area contributed by atoms with E-state index in [1.54, 1.807) is 0 Å². The Morgan fingerprint density at radius 2 is 1.92 bits per heavy atom. The van der Waals surface area contributed by atoms with Crippen molar-refractivity contribution in [3.05, 3.63) is 34.9 Å². The molecule has 0 saturated heterocycles. The van der Waals surface area contributed by atoms with Crippen molar-refractivity contribution in [2.24, 2.45) is 5.84 Å². The summed E-state index contributed by atoms with van der Waals surface area (Å²) >= 11 is 5.75. The maximum absolute atomic E-state index is 5.75. The Kier molecular flexibility index (Phi) is 4.78. The highest BCUT2D eigenvalue weighted by Gasteiger charge is 1.92. The zero-order valence-corrected chi connectivity index (χ0v) is 8.14. The summed E-state index contributed by atoms with van der Waals surface area (Å²) in [6, 6.07) is 7.86. The van der Waals surface area contributed by atoms with E-state index in [1.807, 2.05) is 24.3 Å². The fourth-order valence-corrected chi connectivity index (χ4v) is 1.17. The number of benzene rings is 1. The first kappa shape index (κ1) is 10.5. The highest BCUT2D eigenvalue weighted by Crippen LogP contribution is 2.09. The summed E-state index contributed by atoms with van der Waals surface area (Å²) in [6.45, 7) is 1.54. The predicted molar refractivity (Wildman–Crippen MR) is 55.3 cm³/mol. The molecule has 1 aromatic carbocycles. The van der Waals surface area contributed by atoms with Crippen molar-refractivity contribution in [3.63, 3.8) is 0 Å². The minimum absolute atomic E-state index is 0.633. The summed E-state index contributed by atoms with van der Waals surface area (Å²) in [5, 5.41) is 3.91. The van der Waals surface area contributed by atoms with Gasteiger partial charge in [-0.25, -0.2) is 5.43 Å². The first-order valence-electron chi connectivity index (χ1n) is 4.21. The van der Waals surface area contributed by atoms with E-state index < -0.39 is 0 Å². The van der Waals surface area contributed by atoms with Crippen LogP contribution in [0.4, 0.5) is 0 Å². The maximum atomic E-state index is 5.75. The fraction of sp³-hybridized carbons (Fsp3) is 0.333. The first-order chi connectivity index (χ1) is 6.33. The van der Waals surface area contributed by atoms with Gasteiger partial charge in [0, 0.05) is 11.6 Å². The zero-order valence-electron chi connectivity index (χ0n) is 7.39. The van der Waals surface area contributed by atoms with Gasteiger partial charge in [-0.05, 0) is 24.1 Å². The molecule has 0 radical (unpaired) electrons. The van der Waals surface area contributed by atoms with E-state index in [1.165, 1.54) is 5.56 Å². The van der Waals surface area contributed by atoms with Crippen LogP contribution in [-0.2, 0) is 6.42 Å². The Balaban J connectivity index is 2.25. The lowest BCUT2D eigenvalue weighted by Gasteiger charge is -2.03. The summed E-state index contributed by atoms with van der Waals surface area (Å²) in [6.07, 6.45) is 0.985. The van der Waals surface area contributed by atoms with Crippen LogP contribution in [0.3, 0.4) is 0 Å². The molecule has 0 aliphatic heterocycles. The van der Waals surface area contributed by atoms with Gasteiger partial charge < -0.3 is 5.32 Å². The lowest BCUT2D eigenvalue weighted by atomic mass is 10.1. The average Bonchev–Trinajstić information content (AvgIpc) is 2.15. The van der Waals surface area contributed by atoms with Crippen LogP contribution in [0.15, 0.2) is 24.3 Å². The Morgan fingerprint density at radius 3 is 2.54 bits per heavy atom. The van der Waals surface area contributed by atoms with Crippen molar-refractivity contribution in [2.75, 3.05) is 13.2 Å². The van der Waals surface area contributed by atoms with Crippen molar-refractivity contribution in [1.82, 2.24) is 10.7 Å². The molecular formula is C9H14ClN3. The molecule has 0 aliphatic rings. The minimum atomic E-state index is 0.633. The summed E-state index contributed by atoms with van der Waals surface area (Å²) in [4.78, 5) is 0. The normalized spacial score (nSPS) is 10.3. The topological polar surface area (TPSA) is 50.1 Å². The molecule has 0 unspecified atom stereocenters. The van der Waals surface area contributed by atoms with Crippen LogP contribution in [0, 0.1) is 0 Å². The fourth-order valence-electron chi connectivity index (χ4n) is 1.04. The second kappa shape index (κ2) is 5.94. The Hall–Kier alpha value is -0.610. The molecule has 0 heterocycles. The second-order valence-corrected chi connectivity index (χ2v) is 3.19. The highest BCUT2D eigenvalue weighted by atomic mass is 35.5. The molecule has 0 spiro atoms. The van der Waals surface area contributed by atoms with Gasteiger partial charge in [0.1, 0.15) is 0 Å². The van der Waals surface area contributed by atoms with Gasteiger partial charge in [-0.2, -0.15) is 0 Å². The molecule has 1 rings (SSSR count). The van der Waals surface area contributed by atoms with E-state index in [4.69, 9.17) is 17.4 Å². The van der Waals surface area contributed by atoms with Gasteiger partial charge >= 0.3 is 0 Å². The van der Waals surface area contributed by atoms with Crippen LogP contribution < -0.4 is 16.6 Å². The molecule has 0 bridgehead atoms. The Morgan fingerprint density at radius 1 is 1.23 bits per heavy atom. The quantitative estimate of drug-likeness (QED) is 0.286. The van der Waals surface area contributed by atoms with Gasteiger partial charge in [0.25, 0.3) is 0 Å². The van der Waals surface area contributed by atoms with Crippen LogP contribution in [0.5, 0.6) is 0 Å². The summed E-state index contributed by atoms with van der Waals surface area (Å²) in [5.41, 5.74) is 3.80. The van der Waals surface area contributed by atoms with E-state index in [-0.39, 0.29) is 0 Å². The average molecular weight is 200 g/mol. The Bertz CT molecular complexity index is 235. The van der Waals surface area contributed by atoms with Crippen molar-refractivity contribution in [3.8, 4) is 0 Å². The van der Waals surface area contributed by atoms with Gasteiger partial charge in [-0.1, -0.05) is 23.7 Å². The smallest absolute Gasteiger partial charge is 0.0587 e. The standard InChI is InChI=1S/C9H14ClN3/c10-9-3-1-8(2-4-9)5-6-12-7-13-11/h1-4,12-13H,5-7,11H2. The minimum Gasteiger partial charge on any atom is -0.303 e. The molecule has 3 nitrogen and oxygen atoms in total. The van der Waals surface area contributed by atoms with Gasteiger partial charge in [-0.3, -0.25) is 5.84 Å². The van der Waals surface area contributed by atoms with Crippen molar-refractivity contribution in [2.45, 2.75) is 6.42 Å². The molecule has 0 aromatic heterocycles. The summed E-state index contributed by atoms with van der Waals surface area (Å²) in [5.74, 6) is 5.10. The van der Waals surface area contributed by atoms with Gasteiger partial charge in [0.15, 0.2) is 0 Å². The third kappa shape index (κ3) is 4.24. The van der Waals surface area contributed by atoms with Crippen LogP contribution in [0.1, 0.15) is 5.56 Å². The molecule has 4 N–H and O–H groups in total. The molecule has 0 fully saturated rings. The van der Waals surface area contributed by atoms with Crippen LogP contribution in [0.2, 0.25) is 5.02 Å². The number of halogens is 1. The third-order valence-electron chi connectivity index (χ3n) is 1.73. The second-order valence-electron chi connectivity index (χ2n) is 2.76. The predicted octanol–water partition coefficient (Wildman–Crippen LogP) is 0.893. The van der Waals surface area contributed by atoms with Crippen LogP contribution in [-0.4, -0.2) is 13.2 Å². The number of hydrogen-bond donors (Lipinski definition) is 3. The van der Waals surface area contributed by atoms with Gasteiger partial charge in [-0.15, -0.1) is 0 Å². The monoisotopic (exact) mass is 199 g/mol. The molecule has 13 heavy (non-hydrogen) atoms. The van der Waals surface area contributed by atoms with Crippen molar-refractivity contribution in [1.29, 1.82) is 0 Å².